The minimum atomic E-state index is -0.529. The molecule has 0 aromatic carbocycles. The molecule has 17 heavy (non-hydrogen) atoms. The topological polar surface area (TPSA) is 23.5 Å². The molecule has 1 aromatic heterocycles. The van der Waals surface area contributed by atoms with Crippen LogP contribution in [0.1, 0.15) is 38.5 Å². The van der Waals surface area contributed by atoms with Crippen LogP contribution in [0.15, 0.2) is 17.5 Å². The first-order chi connectivity index (χ1) is 8.00. The summed E-state index contributed by atoms with van der Waals surface area (Å²) < 4.78 is 0. The highest BCUT2D eigenvalue weighted by Gasteiger charge is 2.25. The predicted molar refractivity (Wildman–Crippen MR) is 75.6 cm³/mol. The third-order valence-corrected chi connectivity index (χ3v) is 4.59. The van der Waals surface area contributed by atoms with Crippen molar-refractivity contribution in [3.63, 3.8) is 0 Å². The Kier molecular flexibility index (Phi) is 5.63. The summed E-state index contributed by atoms with van der Waals surface area (Å²) in [5.41, 5.74) is -0.529. The van der Waals surface area contributed by atoms with Gasteiger partial charge in [0.05, 0.1) is 5.60 Å². The number of likely N-dealkylation sites (N-methyl/N-ethyl adjacent to an activating group) is 1. The van der Waals surface area contributed by atoms with Crippen molar-refractivity contribution in [2.75, 3.05) is 13.6 Å². The molecule has 1 aromatic rings. The van der Waals surface area contributed by atoms with Crippen LogP contribution >= 0.6 is 11.3 Å². The Morgan fingerprint density at radius 3 is 2.53 bits per heavy atom. The standard InChI is InChI=1S/C14H25NOS/c1-5-14(16,6-2)11-15(4)12(3)10-13-8-7-9-17-13/h7-9,12,16H,5-6,10-11H2,1-4H3. The van der Waals surface area contributed by atoms with Crippen LogP contribution in [0, 0.1) is 0 Å². The minimum Gasteiger partial charge on any atom is -0.389 e. The van der Waals surface area contributed by atoms with Crippen molar-refractivity contribution in [3.05, 3.63) is 22.4 Å². The van der Waals surface area contributed by atoms with E-state index in [9.17, 15) is 5.11 Å². The van der Waals surface area contributed by atoms with Crippen LogP contribution in [0.2, 0.25) is 0 Å². The number of nitrogens with zero attached hydrogens (tertiary/aromatic N) is 1. The van der Waals surface area contributed by atoms with Crippen LogP contribution in [-0.2, 0) is 6.42 Å². The van der Waals surface area contributed by atoms with Crippen LogP contribution in [0.25, 0.3) is 0 Å². The molecule has 1 heterocycles. The third kappa shape index (κ3) is 4.41. The first-order valence-corrected chi connectivity index (χ1v) is 7.33. The molecule has 0 radical (unpaired) electrons. The normalized spacial score (nSPS) is 14.2. The maximum absolute atomic E-state index is 10.3. The van der Waals surface area contributed by atoms with Gasteiger partial charge in [-0.2, -0.15) is 0 Å². The molecule has 0 saturated carbocycles. The molecule has 2 nitrogen and oxygen atoms in total. The van der Waals surface area contributed by atoms with E-state index in [-0.39, 0.29) is 0 Å². The zero-order valence-electron chi connectivity index (χ0n) is 11.4. The van der Waals surface area contributed by atoms with E-state index < -0.39 is 5.60 Å². The number of hydrogen-bond donors (Lipinski definition) is 1. The summed E-state index contributed by atoms with van der Waals surface area (Å²) in [4.78, 5) is 3.69. The lowest BCUT2D eigenvalue weighted by Gasteiger charge is -2.34. The Bertz CT molecular complexity index is 306. The van der Waals surface area contributed by atoms with Crippen LogP contribution in [0.3, 0.4) is 0 Å². The molecule has 1 unspecified atom stereocenters. The number of thiophene rings is 1. The number of hydrogen-bond acceptors (Lipinski definition) is 3. The first-order valence-electron chi connectivity index (χ1n) is 6.45. The fourth-order valence-corrected chi connectivity index (χ4v) is 2.80. The lowest BCUT2D eigenvalue weighted by Crippen LogP contribution is -2.44. The Morgan fingerprint density at radius 1 is 1.41 bits per heavy atom. The molecule has 0 fully saturated rings. The molecular weight excluding hydrogens is 230 g/mol. The maximum atomic E-state index is 10.3. The quantitative estimate of drug-likeness (QED) is 0.809. The van der Waals surface area contributed by atoms with E-state index in [1.807, 2.05) is 11.3 Å². The number of aliphatic hydroxyl groups is 1. The van der Waals surface area contributed by atoms with Crippen molar-refractivity contribution in [1.29, 1.82) is 0 Å². The van der Waals surface area contributed by atoms with E-state index in [0.717, 1.165) is 25.8 Å². The average molecular weight is 255 g/mol. The van der Waals surface area contributed by atoms with Gasteiger partial charge in [0.25, 0.3) is 0 Å². The van der Waals surface area contributed by atoms with Crippen LogP contribution < -0.4 is 0 Å². The SMILES string of the molecule is CCC(O)(CC)CN(C)C(C)Cc1cccs1. The summed E-state index contributed by atoms with van der Waals surface area (Å²) in [6.07, 6.45) is 2.71. The largest absolute Gasteiger partial charge is 0.389 e. The maximum Gasteiger partial charge on any atom is 0.0768 e. The van der Waals surface area contributed by atoms with E-state index in [1.165, 1.54) is 4.88 Å². The summed E-state index contributed by atoms with van der Waals surface area (Å²) in [5.74, 6) is 0. The zero-order valence-corrected chi connectivity index (χ0v) is 12.3. The van der Waals surface area contributed by atoms with E-state index in [1.54, 1.807) is 0 Å². The van der Waals surface area contributed by atoms with E-state index >= 15 is 0 Å². The zero-order chi connectivity index (χ0) is 12.9. The van der Waals surface area contributed by atoms with E-state index in [2.05, 4.69) is 50.2 Å². The smallest absolute Gasteiger partial charge is 0.0768 e. The lowest BCUT2D eigenvalue weighted by atomic mass is 9.96. The highest BCUT2D eigenvalue weighted by atomic mass is 32.1. The second-order valence-corrected chi connectivity index (χ2v) is 6.01. The molecule has 0 spiro atoms. The number of rotatable bonds is 7. The van der Waals surface area contributed by atoms with Gasteiger partial charge >= 0.3 is 0 Å². The third-order valence-electron chi connectivity index (χ3n) is 3.69. The molecule has 0 aliphatic heterocycles. The highest BCUT2D eigenvalue weighted by molar-refractivity contribution is 7.09. The molecule has 98 valence electrons. The second kappa shape index (κ2) is 6.53. The van der Waals surface area contributed by atoms with Gasteiger partial charge in [0.2, 0.25) is 0 Å². The lowest BCUT2D eigenvalue weighted by molar-refractivity contribution is -0.00521. The minimum absolute atomic E-state index is 0.471. The van der Waals surface area contributed by atoms with Crippen LogP contribution in [-0.4, -0.2) is 35.2 Å². The molecule has 1 atom stereocenters. The monoisotopic (exact) mass is 255 g/mol. The first kappa shape index (κ1) is 14.7. The summed E-state index contributed by atoms with van der Waals surface area (Å²) in [6, 6.07) is 4.75. The van der Waals surface area contributed by atoms with Gasteiger partial charge < -0.3 is 10.0 Å². The second-order valence-electron chi connectivity index (χ2n) is 4.98. The van der Waals surface area contributed by atoms with Crippen molar-refractivity contribution in [3.8, 4) is 0 Å². The van der Waals surface area contributed by atoms with Crippen molar-refractivity contribution >= 4 is 11.3 Å². The molecule has 1 N–H and O–H groups in total. The van der Waals surface area contributed by atoms with Crippen molar-refractivity contribution in [2.45, 2.75) is 51.7 Å². The fraction of sp³-hybridized carbons (Fsp3) is 0.714. The van der Waals surface area contributed by atoms with Gasteiger partial charge in [0, 0.05) is 17.5 Å². The van der Waals surface area contributed by atoms with Gasteiger partial charge in [-0.25, -0.2) is 0 Å². The molecular formula is C14H25NOS. The molecule has 1 rings (SSSR count). The van der Waals surface area contributed by atoms with Crippen LogP contribution in [0.4, 0.5) is 0 Å². The van der Waals surface area contributed by atoms with Crippen LogP contribution in [0.5, 0.6) is 0 Å². The Hall–Kier alpha value is -0.380. The summed E-state index contributed by atoms with van der Waals surface area (Å²) in [7, 11) is 2.11. The van der Waals surface area contributed by atoms with Gasteiger partial charge in [0.1, 0.15) is 0 Å². The van der Waals surface area contributed by atoms with Gasteiger partial charge in [-0.05, 0) is 44.7 Å². The summed E-state index contributed by atoms with van der Waals surface area (Å²) in [6.45, 7) is 7.10. The van der Waals surface area contributed by atoms with Gasteiger partial charge in [-0.15, -0.1) is 11.3 Å². The Morgan fingerprint density at radius 2 is 2.06 bits per heavy atom. The van der Waals surface area contributed by atoms with Gasteiger partial charge in [-0.3, -0.25) is 0 Å². The molecule has 0 saturated heterocycles. The van der Waals surface area contributed by atoms with E-state index in [4.69, 9.17) is 0 Å². The molecule has 0 bridgehead atoms. The molecule has 0 amide bonds. The predicted octanol–water partition coefficient (Wildman–Crippen LogP) is 3.16. The molecule has 3 heteroatoms. The molecule has 0 aliphatic carbocycles. The Labute approximate surface area is 109 Å². The van der Waals surface area contributed by atoms with Gasteiger partial charge in [0.15, 0.2) is 0 Å². The van der Waals surface area contributed by atoms with Crippen molar-refractivity contribution in [1.82, 2.24) is 4.90 Å². The Balaban J connectivity index is 2.49. The summed E-state index contributed by atoms with van der Waals surface area (Å²) >= 11 is 1.81. The van der Waals surface area contributed by atoms with Crippen molar-refractivity contribution < 1.29 is 5.11 Å². The highest BCUT2D eigenvalue weighted by Crippen LogP contribution is 2.19. The summed E-state index contributed by atoms with van der Waals surface area (Å²) in [5, 5.41) is 12.5. The average Bonchev–Trinajstić information content (AvgIpc) is 2.81. The molecule has 0 aliphatic rings. The fourth-order valence-electron chi connectivity index (χ4n) is 1.97. The van der Waals surface area contributed by atoms with Crippen molar-refractivity contribution in [2.24, 2.45) is 0 Å². The van der Waals surface area contributed by atoms with E-state index in [0.29, 0.717) is 6.04 Å². The van der Waals surface area contributed by atoms with Gasteiger partial charge in [-0.1, -0.05) is 19.9 Å².